The number of carbonyl (C=O) groups excluding carboxylic acids is 2. The first-order chi connectivity index (χ1) is 9.66. The van der Waals surface area contributed by atoms with E-state index in [-0.39, 0.29) is 23.7 Å². The molecule has 1 saturated carbocycles. The minimum atomic E-state index is -0.231. The Morgan fingerprint density at radius 1 is 1.10 bits per heavy atom. The zero-order chi connectivity index (χ0) is 14.1. The molecule has 0 bridgehead atoms. The molecule has 4 nitrogen and oxygen atoms in total. The fraction of sp³-hybridized carbons (Fsp3) is 0.500. The quantitative estimate of drug-likeness (QED) is 0.906. The van der Waals surface area contributed by atoms with Crippen molar-refractivity contribution in [2.75, 3.05) is 13.1 Å². The van der Waals surface area contributed by atoms with E-state index in [1.807, 2.05) is 23.1 Å². The molecule has 2 fully saturated rings. The molecule has 1 aromatic rings. The van der Waals surface area contributed by atoms with Gasteiger partial charge in [0.15, 0.2) is 0 Å². The highest BCUT2D eigenvalue weighted by molar-refractivity contribution is 5.83. The van der Waals surface area contributed by atoms with Crippen LogP contribution in [0.4, 0.5) is 0 Å². The number of carbonyl (C=O) groups is 2. The summed E-state index contributed by atoms with van der Waals surface area (Å²) in [5, 5.41) is 0. The van der Waals surface area contributed by atoms with Gasteiger partial charge in [-0.25, -0.2) is 0 Å². The molecule has 20 heavy (non-hydrogen) atoms. The number of piperidine rings is 1. The molecule has 4 heteroatoms. The van der Waals surface area contributed by atoms with Gasteiger partial charge in [0.25, 0.3) is 0 Å². The lowest BCUT2D eigenvalue weighted by molar-refractivity contribution is -0.136. The summed E-state index contributed by atoms with van der Waals surface area (Å²) in [6.45, 7) is 1.34. The van der Waals surface area contributed by atoms with Crippen LogP contribution in [0.5, 0.6) is 0 Å². The number of likely N-dealkylation sites (tertiary alicyclic amines) is 1. The Balaban J connectivity index is 1.56. The molecular weight excluding hydrogens is 252 g/mol. The van der Waals surface area contributed by atoms with Crippen molar-refractivity contribution in [2.45, 2.75) is 25.2 Å². The number of primary amides is 1. The van der Waals surface area contributed by atoms with Crippen LogP contribution in [0.2, 0.25) is 0 Å². The highest BCUT2D eigenvalue weighted by atomic mass is 16.2. The maximum atomic E-state index is 12.4. The van der Waals surface area contributed by atoms with Gasteiger partial charge < -0.3 is 10.6 Å². The van der Waals surface area contributed by atoms with Crippen molar-refractivity contribution in [3.63, 3.8) is 0 Å². The van der Waals surface area contributed by atoms with Gasteiger partial charge >= 0.3 is 0 Å². The number of nitrogens with zero attached hydrogens (tertiary/aromatic N) is 1. The zero-order valence-corrected chi connectivity index (χ0v) is 11.5. The van der Waals surface area contributed by atoms with Gasteiger partial charge in [0.2, 0.25) is 11.8 Å². The molecule has 0 aromatic heterocycles. The standard InChI is InChI=1S/C16H20N2O2/c17-15(19)12-6-8-18(9-7-12)16(20)14-10-13(14)11-4-2-1-3-5-11/h1-5,12-14H,6-10H2,(H2,17,19). The third-order valence-corrected chi connectivity index (χ3v) is 4.54. The molecule has 1 aromatic carbocycles. The molecule has 1 aliphatic heterocycles. The van der Waals surface area contributed by atoms with Crippen LogP contribution < -0.4 is 5.73 Å². The summed E-state index contributed by atoms with van der Waals surface area (Å²) in [5.74, 6) is 0.496. The lowest BCUT2D eigenvalue weighted by atomic mass is 9.96. The maximum absolute atomic E-state index is 12.4. The first-order valence-corrected chi connectivity index (χ1v) is 7.30. The van der Waals surface area contributed by atoms with Crippen LogP contribution in [0.25, 0.3) is 0 Å². The largest absolute Gasteiger partial charge is 0.369 e. The second-order valence-electron chi connectivity index (χ2n) is 5.86. The minimum Gasteiger partial charge on any atom is -0.369 e. The summed E-state index contributed by atoms with van der Waals surface area (Å²) >= 11 is 0. The van der Waals surface area contributed by atoms with Crippen LogP contribution in [0.15, 0.2) is 30.3 Å². The lowest BCUT2D eigenvalue weighted by Gasteiger charge is -2.30. The van der Waals surface area contributed by atoms with E-state index in [0.717, 1.165) is 6.42 Å². The molecule has 106 valence electrons. The van der Waals surface area contributed by atoms with Crippen molar-refractivity contribution < 1.29 is 9.59 Å². The van der Waals surface area contributed by atoms with Gasteiger partial charge in [-0.15, -0.1) is 0 Å². The van der Waals surface area contributed by atoms with Gasteiger partial charge in [-0.3, -0.25) is 9.59 Å². The molecule has 1 heterocycles. The Morgan fingerprint density at radius 2 is 1.75 bits per heavy atom. The maximum Gasteiger partial charge on any atom is 0.226 e. The third-order valence-electron chi connectivity index (χ3n) is 4.54. The van der Waals surface area contributed by atoms with Crippen molar-refractivity contribution in [1.82, 2.24) is 4.90 Å². The molecular formula is C16H20N2O2. The number of rotatable bonds is 3. The topological polar surface area (TPSA) is 63.4 Å². The predicted octanol–water partition coefficient (Wildman–Crippen LogP) is 1.51. The minimum absolute atomic E-state index is 0.0526. The molecule has 2 atom stereocenters. The normalized spacial score (nSPS) is 26.3. The summed E-state index contributed by atoms with van der Waals surface area (Å²) in [6, 6.07) is 10.2. The van der Waals surface area contributed by atoms with E-state index in [9.17, 15) is 9.59 Å². The zero-order valence-electron chi connectivity index (χ0n) is 11.5. The van der Waals surface area contributed by atoms with E-state index in [4.69, 9.17) is 5.73 Å². The Hall–Kier alpha value is -1.84. The number of benzene rings is 1. The van der Waals surface area contributed by atoms with E-state index >= 15 is 0 Å². The Bertz CT molecular complexity index is 506. The van der Waals surface area contributed by atoms with Crippen LogP contribution in [-0.2, 0) is 9.59 Å². The number of amides is 2. The van der Waals surface area contributed by atoms with Crippen LogP contribution >= 0.6 is 0 Å². The molecule has 1 saturated heterocycles. The van der Waals surface area contributed by atoms with Crippen molar-refractivity contribution >= 4 is 11.8 Å². The summed E-state index contributed by atoms with van der Waals surface area (Å²) in [5.41, 5.74) is 6.58. The van der Waals surface area contributed by atoms with Gasteiger partial charge in [-0.05, 0) is 30.7 Å². The van der Waals surface area contributed by atoms with Gasteiger partial charge in [-0.2, -0.15) is 0 Å². The summed E-state index contributed by atoms with van der Waals surface area (Å²) in [4.78, 5) is 25.5. The fourth-order valence-corrected chi connectivity index (χ4v) is 3.16. The third kappa shape index (κ3) is 2.55. The lowest BCUT2D eigenvalue weighted by Crippen LogP contribution is -2.42. The van der Waals surface area contributed by atoms with E-state index in [1.54, 1.807) is 0 Å². The fourth-order valence-electron chi connectivity index (χ4n) is 3.16. The van der Waals surface area contributed by atoms with E-state index in [0.29, 0.717) is 31.8 Å². The monoisotopic (exact) mass is 272 g/mol. The van der Waals surface area contributed by atoms with Gasteiger partial charge in [0.05, 0.1) is 0 Å². The SMILES string of the molecule is NC(=O)C1CCN(C(=O)C2CC2c2ccccc2)CC1. The van der Waals surface area contributed by atoms with Crippen LogP contribution in [0, 0.1) is 11.8 Å². The molecule has 2 N–H and O–H groups in total. The van der Waals surface area contributed by atoms with E-state index in [2.05, 4.69) is 12.1 Å². The van der Waals surface area contributed by atoms with Crippen molar-refractivity contribution in [2.24, 2.45) is 17.6 Å². The molecule has 2 aliphatic rings. The number of hydrogen-bond acceptors (Lipinski definition) is 2. The highest BCUT2D eigenvalue weighted by Crippen LogP contribution is 2.48. The van der Waals surface area contributed by atoms with Crippen molar-refractivity contribution in [3.05, 3.63) is 35.9 Å². The van der Waals surface area contributed by atoms with Crippen molar-refractivity contribution in [1.29, 1.82) is 0 Å². The average molecular weight is 272 g/mol. The van der Waals surface area contributed by atoms with E-state index in [1.165, 1.54) is 5.56 Å². The Morgan fingerprint density at radius 3 is 2.35 bits per heavy atom. The predicted molar refractivity (Wildman–Crippen MR) is 75.8 cm³/mol. The molecule has 2 amide bonds. The summed E-state index contributed by atoms with van der Waals surface area (Å²) in [6.07, 6.45) is 2.38. The first kappa shape index (κ1) is 13.2. The van der Waals surface area contributed by atoms with Gasteiger partial charge in [0.1, 0.15) is 0 Å². The number of nitrogens with two attached hydrogens (primary N) is 1. The first-order valence-electron chi connectivity index (χ1n) is 7.30. The Labute approximate surface area is 118 Å². The Kier molecular flexibility index (Phi) is 3.47. The molecule has 0 spiro atoms. The van der Waals surface area contributed by atoms with Crippen LogP contribution in [-0.4, -0.2) is 29.8 Å². The van der Waals surface area contributed by atoms with E-state index < -0.39 is 0 Å². The molecule has 3 rings (SSSR count). The molecule has 1 aliphatic carbocycles. The van der Waals surface area contributed by atoms with Crippen molar-refractivity contribution in [3.8, 4) is 0 Å². The second kappa shape index (κ2) is 5.27. The molecule has 2 unspecified atom stereocenters. The summed E-state index contributed by atoms with van der Waals surface area (Å²) in [7, 11) is 0. The van der Waals surface area contributed by atoms with Gasteiger partial charge in [0, 0.05) is 24.9 Å². The number of hydrogen-bond donors (Lipinski definition) is 1. The van der Waals surface area contributed by atoms with Crippen LogP contribution in [0.1, 0.15) is 30.7 Å². The highest BCUT2D eigenvalue weighted by Gasteiger charge is 2.46. The molecule has 0 radical (unpaired) electrons. The average Bonchev–Trinajstić information content (AvgIpc) is 3.28. The second-order valence-corrected chi connectivity index (χ2v) is 5.86. The summed E-state index contributed by atoms with van der Waals surface area (Å²) < 4.78 is 0. The van der Waals surface area contributed by atoms with Crippen LogP contribution in [0.3, 0.4) is 0 Å². The smallest absolute Gasteiger partial charge is 0.226 e. The van der Waals surface area contributed by atoms with Gasteiger partial charge in [-0.1, -0.05) is 30.3 Å².